The van der Waals surface area contributed by atoms with E-state index < -0.39 is 0 Å². The molecule has 0 fully saturated rings. The molecule has 5 aromatic rings. The molecule has 0 bridgehead atoms. The molecule has 3 aromatic carbocycles. The lowest BCUT2D eigenvalue weighted by Gasteiger charge is -2.30. The van der Waals surface area contributed by atoms with Gasteiger partial charge in [-0.1, -0.05) is 49.4 Å². The Balaban J connectivity index is 1.47. The van der Waals surface area contributed by atoms with E-state index in [0.717, 1.165) is 57.5 Å². The molecule has 2 atom stereocenters. The zero-order valence-electron chi connectivity index (χ0n) is 24.0. The smallest absolute Gasteiger partial charge is 0.207 e. The lowest BCUT2D eigenvalue weighted by atomic mass is 9.97. The van der Waals surface area contributed by atoms with Gasteiger partial charge in [0.15, 0.2) is 0 Å². The minimum Gasteiger partial charge on any atom is -0.495 e. The van der Waals surface area contributed by atoms with Crippen LogP contribution in [0.25, 0.3) is 33.2 Å². The summed E-state index contributed by atoms with van der Waals surface area (Å²) in [5, 5.41) is 13.0. The van der Waals surface area contributed by atoms with E-state index in [0.29, 0.717) is 12.1 Å². The summed E-state index contributed by atoms with van der Waals surface area (Å²) in [5.41, 5.74) is 7.56. The van der Waals surface area contributed by atoms with E-state index in [1.54, 1.807) is 13.3 Å². The Labute approximate surface area is 246 Å². The first-order valence-corrected chi connectivity index (χ1v) is 13.9. The van der Waals surface area contributed by atoms with Gasteiger partial charge in [0.05, 0.1) is 24.3 Å². The Morgan fingerprint density at radius 2 is 1.67 bits per heavy atom. The molecule has 1 N–H and O–H groups in total. The molecule has 0 aliphatic rings. The maximum absolute atomic E-state index is 11.1. The quantitative estimate of drug-likeness (QED) is 0.185. The average Bonchev–Trinajstić information content (AvgIpc) is 3.04. The Hall–Kier alpha value is -5.22. The van der Waals surface area contributed by atoms with Crippen molar-refractivity contribution in [3.63, 3.8) is 0 Å². The molecule has 42 heavy (non-hydrogen) atoms. The zero-order chi connectivity index (χ0) is 29.5. The third-order valence-corrected chi connectivity index (χ3v) is 7.52. The molecule has 2 aromatic heterocycles. The molecule has 5 rings (SSSR count). The Morgan fingerprint density at radius 3 is 2.33 bits per heavy atom. The first-order chi connectivity index (χ1) is 20.5. The van der Waals surface area contributed by atoms with Crippen LogP contribution < -0.4 is 15.0 Å². The van der Waals surface area contributed by atoms with E-state index in [1.807, 2.05) is 67.8 Å². The van der Waals surface area contributed by atoms with Gasteiger partial charge in [0.25, 0.3) is 0 Å². The fourth-order valence-corrected chi connectivity index (χ4v) is 5.32. The van der Waals surface area contributed by atoms with Crippen molar-refractivity contribution in [1.82, 2.24) is 15.3 Å². The Morgan fingerprint density at radius 1 is 0.929 bits per heavy atom. The number of fused-ring (bicyclic) bond motifs is 1. The molecule has 210 valence electrons. The molecule has 0 aliphatic heterocycles. The van der Waals surface area contributed by atoms with Crippen LogP contribution in [0, 0.1) is 11.3 Å². The van der Waals surface area contributed by atoms with Crippen LogP contribution in [-0.4, -0.2) is 42.6 Å². The van der Waals surface area contributed by atoms with E-state index in [4.69, 9.17) is 9.72 Å². The summed E-state index contributed by atoms with van der Waals surface area (Å²) in [6, 6.07) is 28.2. The lowest BCUT2D eigenvalue weighted by molar-refractivity contribution is -0.110. The summed E-state index contributed by atoms with van der Waals surface area (Å²) in [5.74, 6) is 1.01. The molecule has 0 saturated heterocycles. The van der Waals surface area contributed by atoms with Gasteiger partial charge in [-0.25, -0.2) is 0 Å². The maximum Gasteiger partial charge on any atom is 0.207 e. The van der Waals surface area contributed by atoms with Crippen LogP contribution in [0.5, 0.6) is 5.75 Å². The lowest BCUT2D eigenvalue weighted by Crippen LogP contribution is -2.40. The fraction of sp³-hybridized carbons (Fsp3) is 0.200. The van der Waals surface area contributed by atoms with Gasteiger partial charge in [0.1, 0.15) is 5.75 Å². The number of aromatic nitrogens is 2. The van der Waals surface area contributed by atoms with Crippen molar-refractivity contribution in [2.45, 2.75) is 25.8 Å². The fourth-order valence-electron chi connectivity index (χ4n) is 5.32. The topological polar surface area (TPSA) is 91.1 Å². The van der Waals surface area contributed by atoms with Crippen LogP contribution in [0.15, 0.2) is 97.5 Å². The highest BCUT2D eigenvalue weighted by molar-refractivity contribution is 6.00. The van der Waals surface area contributed by atoms with E-state index >= 15 is 0 Å². The van der Waals surface area contributed by atoms with E-state index in [1.165, 1.54) is 5.56 Å². The normalized spacial score (nSPS) is 12.2. The van der Waals surface area contributed by atoms with Gasteiger partial charge in [0, 0.05) is 65.8 Å². The van der Waals surface area contributed by atoms with Gasteiger partial charge in [-0.15, -0.1) is 0 Å². The number of pyridine rings is 2. The molecular weight excluding hydrogens is 522 g/mol. The number of benzene rings is 3. The number of anilines is 1. The van der Waals surface area contributed by atoms with Gasteiger partial charge in [-0.05, 0) is 60.0 Å². The van der Waals surface area contributed by atoms with Crippen LogP contribution in [0.4, 0.5) is 5.69 Å². The number of para-hydroxylation sites is 1. The number of nitriles is 1. The van der Waals surface area contributed by atoms with Gasteiger partial charge in [0.2, 0.25) is 6.41 Å². The van der Waals surface area contributed by atoms with Crippen molar-refractivity contribution in [3.8, 4) is 34.1 Å². The SMILES string of the molecule is COc1c(-c2ccc(N(CC(C)NC=O)CC(C)c3cccnc3)cc2)cnc2c(-c3ccc(C#N)cc3)cccc12. The van der Waals surface area contributed by atoms with Crippen molar-refractivity contribution in [1.29, 1.82) is 5.26 Å². The predicted molar refractivity (Wildman–Crippen MR) is 167 cm³/mol. The van der Waals surface area contributed by atoms with E-state index in [9.17, 15) is 10.1 Å². The summed E-state index contributed by atoms with van der Waals surface area (Å²) in [6.45, 7) is 5.63. The van der Waals surface area contributed by atoms with Crippen molar-refractivity contribution in [2.24, 2.45) is 0 Å². The molecule has 0 spiro atoms. The molecular formula is C35H33N5O2. The van der Waals surface area contributed by atoms with Gasteiger partial charge < -0.3 is 15.0 Å². The third kappa shape index (κ3) is 6.08. The molecule has 7 nitrogen and oxygen atoms in total. The second-order valence-electron chi connectivity index (χ2n) is 10.4. The molecule has 2 heterocycles. The van der Waals surface area contributed by atoms with Crippen LogP contribution in [0.3, 0.4) is 0 Å². The number of amides is 1. The van der Waals surface area contributed by atoms with Crippen LogP contribution in [-0.2, 0) is 4.79 Å². The molecule has 1 amide bonds. The maximum atomic E-state index is 11.1. The minimum absolute atomic E-state index is 0.0154. The number of hydrogen-bond donors (Lipinski definition) is 1. The second-order valence-corrected chi connectivity index (χ2v) is 10.4. The van der Waals surface area contributed by atoms with Crippen molar-refractivity contribution < 1.29 is 9.53 Å². The Bertz CT molecular complexity index is 1700. The molecule has 7 heteroatoms. The Kier molecular flexibility index (Phi) is 8.74. The summed E-state index contributed by atoms with van der Waals surface area (Å²) in [4.78, 5) is 22.5. The number of carbonyl (C=O) groups excluding carboxylic acids is 1. The number of nitrogens with one attached hydrogen (secondary N) is 1. The largest absolute Gasteiger partial charge is 0.495 e. The van der Waals surface area contributed by atoms with Crippen LogP contribution in [0.1, 0.15) is 30.9 Å². The first-order valence-electron chi connectivity index (χ1n) is 13.9. The van der Waals surface area contributed by atoms with E-state index in [-0.39, 0.29) is 12.0 Å². The third-order valence-electron chi connectivity index (χ3n) is 7.52. The summed E-state index contributed by atoms with van der Waals surface area (Å²) < 4.78 is 5.96. The summed E-state index contributed by atoms with van der Waals surface area (Å²) in [6.07, 6.45) is 6.31. The monoisotopic (exact) mass is 555 g/mol. The highest BCUT2D eigenvalue weighted by atomic mass is 16.5. The number of ether oxygens (including phenoxy) is 1. The number of nitrogens with zero attached hydrogens (tertiary/aromatic N) is 4. The number of rotatable bonds is 11. The molecule has 0 saturated carbocycles. The highest BCUT2D eigenvalue weighted by Crippen LogP contribution is 2.39. The predicted octanol–water partition coefficient (Wildman–Crippen LogP) is 6.59. The first kappa shape index (κ1) is 28.3. The van der Waals surface area contributed by atoms with Crippen LogP contribution in [0.2, 0.25) is 0 Å². The molecule has 0 aliphatic carbocycles. The molecule has 2 unspecified atom stereocenters. The molecule has 0 radical (unpaired) electrons. The van der Waals surface area contributed by atoms with Crippen molar-refractivity contribution in [2.75, 3.05) is 25.1 Å². The zero-order valence-corrected chi connectivity index (χ0v) is 24.0. The number of methoxy groups -OCH3 is 1. The minimum atomic E-state index is -0.0154. The standard InChI is InChI=1S/C35H33N5O2/c1-24(29-6-5-17-37-19-29)21-40(22-25(2)39-23-41)30-15-13-28(14-16-30)33-20-38-34-31(7-4-8-32(34)35(33)42-3)27-11-9-26(18-36)10-12-27/h4-17,19-20,23-25H,21-22H2,1-3H3,(H,39,41). The van der Waals surface area contributed by atoms with Crippen molar-refractivity contribution >= 4 is 23.0 Å². The van der Waals surface area contributed by atoms with Gasteiger partial charge >= 0.3 is 0 Å². The average molecular weight is 556 g/mol. The number of carbonyl (C=O) groups is 1. The van der Waals surface area contributed by atoms with Crippen molar-refractivity contribution in [3.05, 3.63) is 109 Å². The van der Waals surface area contributed by atoms with Gasteiger partial charge in [-0.3, -0.25) is 14.8 Å². The summed E-state index contributed by atoms with van der Waals surface area (Å²) >= 11 is 0. The van der Waals surface area contributed by atoms with E-state index in [2.05, 4.69) is 58.5 Å². The highest BCUT2D eigenvalue weighted by Gasteiger charge is 2.18. The second kappa shape index (κ2) is 13.0. The van der Waals surface area contributed by atoms with Gasteiger partial charge in [-0.2, -0.15) is 5.26 Å². The summed E-state index contributed by atoms with van der Waals surface area (Å²) in [7, 11) is 1.68. The van der Waals surface area contributed by atoms with Crippen LogP contribution >= 0.6 is 0 Å². The number of hydrogen-bond acceptors (Lipinski definition) is 6.